The minimum absolute atomic E-state index is 0.0486. The lowest BCUT2D eigenvalue weighted by Gasteiger charge is -2.14. The van der Waals surface area contributed by atoms with Gasteiger partial charge in [0.15, 0.2) is 5.76 Å². The second-order valence-corrected chi connectivity index (χ2v) is 7.15. The van der Waals surface area contributed by atoms with E-state index in [9.17, 15) is 14.7 Å². The number of benzene rings is 3. The molecule has 0 spiro atoms. The van der Waals surface area contributed by atoms with E-state index in [4.69, 9.17) is 9.15 Å². The molecular weight excluding hydrogens is 394 g/mol. The number of furan rings is 1. The zero-order chi connectivity index (χ0) is 21.8. The average Bonchev–Trinajstić information content (AvgIpc) is 3.23. The zero-order valence-electron chi connectivity index (χ0n) is 16.9. The van der Waals surface area contributed by atoms with Crippen molar-refractivity contribution < 1.29 is 23.8 Å². The third kappa shape index (κ3) is 4.59. The highest BCUT2D eigenvalue weighted by Crippen LogP contribution is 2.24. The molecule has 2 N–H and O–H groups in total. The molecule has 0 fully saturated rings. The van der Waals surface area contributed by atoms with Gasteiger partial charge in [0, 0.05) is 11.8 Å². The summed E-state index contributed by atoms with van der Waals surface area (Å²) in [4.78, 5) is 24.5. The van der Waals surface area contributed by atoms with Crippen LogP contribution in [0.5, 0.6) is 5.75 Å². The van der Waals surface area contributed by atoms with Crippen LogP contribution < -0.4 is 10.1 Å². The number of carboxylic acids is 1. The molecule has 1 atom stereocenters. The maximum atomic E-state index is 12.7. The number of ether oxygens (including phenoxy) is 1. The van der Waals surface area contributed by atoms with Gasteiger partial charge in [-0.3, -0.25) is 4.79 Å². The summed E-state index contributed by atoms with van der Waals surface area (Å²) in [5.74, 6) is -1.01. The zero-order valence-corrected chi connectivity index (χ0v) is 16.9. The number of aliphatic carboxylic acids is 1. The van der Waals surface area contributed by atoms with E-state index in [0.717, 1.165) is 16.7 Å². The van der Waals surface area contributed by atoms with E-state index < -0.39 is 17.9 Å². The molecule has 0 aliphatic heterocycles. The van der Waals surface area contributed by atoms with Crippen LogP contribution in [-0.4, -0.2) is 30.1 Å². The molecule has 0 bridgehead atoms. The second-order valence-electron chi connectivity index (χ2n) is 7.15. The monoisotopic (exact) mass is 415 g/mol. The Morgan fingerprint density at radius 3 is 2.48 bits per heavy atom. The fourth-order valence-corrected chi connectivity index (χ4v) is 3.43. The van der Waals surface area contributed by atoms with Crippen LogP contribution in [0.25, 0.3) is 22.1 Å². The van der Waals surface area contributed by atoms with Crippen molar-refractivity contribution in [2.45, 2.75) is 12.5 Å². The Bertz CT molecular complexity index is 1230. The molecule has 0 radical (unpaired) electrons. The quantitative estimate of drug-likeness (QED) is 0.463. The van der Waals surface area contributed by atoms with Crippen LogP contribution in [0.4, 0.5) is 0 Å². The van der Waals surface area contributed by atoms with Crippen LogP contribution in [0, 0.1) is 0 Å². The van der Waals surface area contributed by atoms with Crippen molar-refractivity contribution in [2.75, 3.05) is 7.11 Å². The van der Waals surface area contributed by atoms with E-state index in [-0.39, 0.29) is 12.2 Å². The SMILES string of the molecule is COc1ccc2oc(C(=O)NC(Cc3cccc(-c4ccccc4)c3)C(=O)O)cc2c1. The summed E-state index contributed by atoms with van der Waals surface area (Å²) in [5.41, 5.74) is 3.36. The van der Waals surface area contributed by atoms with Crippen molar-refractivity contribution in [1.29, 1.82) is 0 Å². The fourth-order valence-electron chi connectivity index (χ4n) is 3.43. The minimum atomic E-state index is -1.11. The van der Waals surface area contributed by atoms with E-state index in [1.165, 1.54) is 0 Å². The highest BCUT2D eigenvalue weighted by molar-refractivity contribution is 5.98. The van der Waals surface area contributed by atoms with E-state index in [2.05, 4.69) is 5.32 Å². The van der Waals surface area contributed by atoms with Gasteiger partial charge in [-0.2, -0.15) is 0 Å². The van der Waals surface area contributed by atoms with Gasteiger partial charge in [-0.15, -0.1) is 0 Å². The molecule has 31 heavy (non-hydrogen) atoms. The fraction of sp³-hybridized carbons (Fsp3) is 0.120. The number of hydrogen-bond donors (Lipinski definition) is 2. The molecular formula is C25H21NO5. The van der Waals surface area contributed by atoms with E-state index in [1.54, 1.807) is 31.4 Å². The maximum Gasteiger partial charge on any atom is 0.326 e. The van der Waals surface area contributed by atoms with Gasteiger partial charge in [0.2, 0.25) is 0 Å². The van der Waals surface area contributed by atoms with Gasteiger partial charge in [0.1, 0.15) is 17.4 Å². The van der Waals surface area contributed by atoms with Gasteiger partial charge >= 0.3 is 5.97 Å². The topological polar surface area (TPSA) is 88.8 Å². The minimum Gasteiger partial charge on any atom is -0.497 e. The summed E-state index contributed by atoms with van der Waals surface area (Å²) in [7, 11) is 1.55. The number of amides is 1. The molecule has 3 aromatic carbocycles. The molecule has 0 saturated heterocycles. The molecule has 6 nitrogen and oxygen atoms in total. The lowest BCUT2D eigenvalue weighted by atomic mass is 9.99. The standard InChI is InChI=1S/C25H21NO5/c1-30-20-10-11-22-19(14-20)15-23(31-22)24(27)26-21(25(28)29)13-16-6-5-9-18(12-16)17-7-3-2-4-8-17/h2-12,14-15,21H,13H2,1H3,(H,26,27)(H,28,29). The molecule has 1 amide bonds. The Morgan fingerprint density at radius 2 is 1.74 bits per heavy atom. The van der Waals surface area contributed by atoms with Crippen molar-refractivity contribution in [3.8, 4) is 16.9 Å². The Kier molecular flexibility index (Phi) is 5.71. The highest BCUT2D eigenvalue weighted by atomic mass is 16.5. The largest absolute Gasteiger partial charge is 0.497 e. The number of carbonyl (C=O) groups excluding carboxylic acids is 1. The molecule has 1 aromatic heterocycles. The van der Waals surface area contributed by atoms with E-state index in [0.29, 0.717) is 16.7 Å². The van der Waals surface area contributed by atoms with Crippen LogP contribution >= 0.6 is 0 Å². The first-order chi connectivity index (χ1) is 15.0. The summed E-state index contributed by atoms with van der Waals surface area (Å²) < 4.78 is 10.8. The van der Waals surface area contributed by atoms with Crippen molar-refractivity contribution in [1.82, 2.24) is 5.32 Å². The molecule has 0 aliphatic rings. The Hall–Kier alpha value is -4.06. The second kappa shape index (κ2) is 8.75. The number of fused-ring (bicyclic) bond motifs is 1. The summed E-state index contributed by atoms with van der Waals surface area (Å²) >= 11 is 0. The van der Waals surface area contributed by atoms with Crippen LogP contribution in [-0.2, 0) is 11.2 Å². The normalized spacial score (nSPS) is 11.8. The molecule has 1 unspecified atom stereocenters. The first-order valence-electron chi connectivity index (χ1n) is 9.79. The lowest BCUT2D eigenvalue weighted by Crippen LogP contribution is -2.42. The van der Waals surface area contributed by atoms with Gasteiger partial charge in [0.05, 0.1) is 7.11 Å². The third-order valence-corrected chi connectivity index (χ3v) is 5.02. The predicted molar refractivity (Wildman–Crippen MR) is 117 cm³/mol. The molecule has 0 aliphatic carbocycles. The van der Waals surface area contributed by atoms with Crippen molar-refractivity contribution in [3.63, 3.8) is 0 Å². The lowest BCUT2D eigenvalue weighted by molar-refractivity contribution is -0.139. The number of carbonyl (C=O) groups is 2. The summed E-state index contributed by atoms with van der Waals surface area (Å²) in [6, 6.07) is 23.1. The van der Waals surface area contributed by atoms with Gasteiger partial charge in [0.25, 0.3) is 5.91 Å². The predicted octanol–water partition coefficient (Wildman–Crippen LogP) is 4.53. The average molecular weight is 415 g/mol. The number of nitrogens with one attached hydrogen (secondary N) is 1. The Balaban J connectivity index is 1.52. The molecule has 6 heteroatoms. The molecule has 4 rings (SSSR count). The van der Waals surface area contributed by atoms with Crippen molar-refractivity contribution in [3.05, 3.63) is 90.2 Å². The maximum absolute atomic E-state index is 12.7. The van der Waals surface area contributed by atoms with Gasteiger partial charge in [-0.1, -0.05) is 54.6 Å². The van der Waals surface area contributed by atoms with E-state index >= 15 is 0 Å². The molecule has 1 heterocycles. The third-order valence-electron chi connectivity index (χ3n) is 5.02. The number of carboxylic acid groups (broad SMARTS) is 1. The van der Waals surface area contributed by atoms with Gasteiger partial charge in [-0.25, -0.2) is 4.79 Å². The van der Waals surface area contributed by atoms with Crippen LogP contribution in [0.1, 0.15) is 16.1 Å². The molecule has 156 valence electrons. The summed E-state index contributed by atoms with van der Waals surface area (Å²) in [5, 5.41) is 12.9. The van der Waals surface area contributed by atoms with Gasteiger partial charge < -0.3 is 19.6 Å². The van der Waals surface area contributed by atoms with E-state index in [1.807, 2.05) is 54.6 Å². The smallest absolute Gasteiger partial charge is 0.326 e. The number of hydrogen-bond acceptors (Lipinski definition) is 4. The van der Waals surface area contributed by atoms with Gasteiger partial charge in [-0.05, 0) is 41.0 Å². The van der Waals surface area contributed by atoms with Crippen molar-refractivity contribution in [2.24, 2.45) is 0 Å². The first kappa shape index (κ1) is 20.2. The Labute approximate surface area is 179 Å². The first-order valence-corrected chi connectivity index (χ1v) is 9.79. The summed E-state index contributed by atoms with van der Waals surface area (Å²) in [6.45, 7) is 0. The molecule has 4 aromatic rings. The van der Waals surface area contributed by atoms with Crippen LogP contribution in [0.15, 0.2) is 83.3 Å². The van der Waals surface area contributed by atoms with Crippen LogP contribution in [0.3, 0.4) is 0 Å². The van der Waals surface area contributed by atoms with Crippen LogP contribution in [0.2, 0.25) is 0 Å². The molecule has 0 saturated carbocycles. The number of rotatable bonds is 7. The number of methoxy groups -OCH3 is 1. The van der Waals surface area contributed by atoms with Crippen molar-refractivity contribution >= 4 is 22.8 Å². The Morgan fingerprint density at radius 1 is 0.968 bits per heavy atom. The highest BCUT2D eigenvalue weighted by Gasteiger charge is 2.23. The summed E-state index contributed by atoms with van der Waals surface area (Å²) in [6.07, 6.45) is 0.149.